The number of benzene rings is 1. The van der Waals surface area contributed by atoms with Gasteiger partial charge in [0, 0.05) is 16.9 Å². The van der Waals surface area contributed by atoms with E-state index in [0.717, 1.165) is 5.56 Å². The van der Waals surface area contributed by atoms with Crippen LogP contribution in [0.2, 0.25) is 5.02 Å². The SMILES string of the molecule is O=C([O-])C[C@H](CO)c1ccc(Cl)cc1.[Na+]. The van der Waals surface area contributed by atoms with Gasteiger partial charge in [-0.1, -0.05) is 23.7 Å². The second-order valence-electron chi connectivity index (χ2n) is 3.01. The van der Waals surface area contributed by atoms with Crippen LogP contribution in [0.5, 0.6) is 0 Å². The summed E-state index contributed by atoms with van der Waals surface area (Å²) in [6.45, 7) is -0.213. The van der Waals surface area contributed by atoms with E-state index in [0.29, 0.717) is 5.02 Å². The van der Waals surface area contributed by atoms with Gasteiger partial charge >= 0.3 is 29.6 Å². The maximum atomic E-state index is 10.4. The third kappa shape index (κ3) is 5.00. The molecule has 76 valence electrons. The zero-order valence-corrected chi connectivity index (χ0v) is 11.2. The second kappa shape index (κ2) is 7.25. The van der Waals surface area contributed by atoms with Crippen molar-refractivity contribution in [3.63, 3.8) is 0 Å². The monoisotopic (exact) mass is 236 g/mol. The van der Waals surface area contributed by atoms with Crippen molar-refractivity contribution >= 4 is 17.6 Å². The number of carbonyl (C=O) groups excluding carboxylic acids is 1. The Labute approximate surface area is 115 Å². The summed E-state index contributed by atoms with van der Waals surface area (Å²) < 4.78 is 0. The van der Waals surface area contributed by atoms with Gasteiger partial charge in [-0.2, -0.15) is 0 Å². The summed E-state index contributed by atoms with van der Waals surface area (Å²) in [6.07, 6.45) is -0.182. The predicted octanol–water partition coefficient (Wildman–Crippen LogP) is -2.44. The number of aliphatic hydroxyl groups excluding tert-OH is 1. The van der Waals surface area contributed by atoms with Gasteiger partial charge in [-0.15, -0.1) is 0 Å². The number of carbonyl (C=O) groups is 1. The van der Waals surface area contributed by atoms with Crippen LogP contribution in [0.1, 0.15) is 17.9 Å². The third-order valence-electron chi connectivity index (χ3n) is 1.97. The number of halogens is 1. The standard InChI is InChI=1S/C10H11ClO3.Na/c11-9-3-1-7(2-4-9)8(6-12)5-10(13)14;/h1-4,8,12H,5-6H2,(H,13,14);/q;+1/p-1/t8-;/m1./s1. The molecule has 0 saturated heterocycles. The molecule has 1 atom stereocenters. The molecule has 0 bridgehead atoms. The summed E-state index contributed by atoms with van der Waals surface area (Å²) in [7, 11) is 0. The molecule has 1 aromatic rings. The molecule has 0 aromatic heterocycles. The Bertz CT molecular complexity index is 313. The summed E-state index contributed by atoms with van der Waals surface area (Å²) >= 11 is 5.67. The first-order chi connectivity index (χ1) is 6.63. The van der Waals surface area contributed by atoms with Gasteiger partial charge in [0.05, 0.1) is 6.61 Å². The van der Waals surface area contributed by atoms with E-state index in [-0.39, 0.29) is 42.6 Å². The fourth-order valence-electron chi connectivity index (χ4n) is 1.22. The zero-order valence-electron chi connectivity index (χ0n) is 8.44. The molecule has 1 N–H and O–H groups in total. The fraction of sp³-hybridized carbons (Fsp3) is 0.300. The Morgan fingerprint density at radius 3 is 2.33 bits per heavy atom. The van der Waals surface area contributed by atoms with Crippen molar-refractivity contribution < 1.29 is 44.6 Å². The molecule has 5 heteroatoms. The van der Waals surface area contributed by atoms with Crippen molar-refractivity contribution in [3.05, 3.63) is 34.9 Å². The van der Waals surface area contributed by atoms with Gasteiger partial charge in [-0.05, 0) is 24.1 Å². The Balaban J connectivity index is 0.00000196. The number of carboxylic acid groups (broad SMARTS) is 1. The molecule has 0 fully saturated rings. The first-order valence-electron chi connectivity index (χ1n) is 4.19. The maximum absolute atomic E-state index is 10.4. The molecule has 0 unspecified atom stereocenters. The number of hydrogen-bond donors (Lipinski definition) is 1. The van der Waals surface area contributed by atoms with Crippen LogP contribution < -0.4 is 34.7 Å². The summed E-state index contributed by atoms with van der Waals surface area (Å²) in [5.41, 5.74) is 0.751. The molecule has 1 rings (SSSR count). The van der Waals surface area contributed by atoms with E-state index in [4.69, 9.17) is 16.7 Å². The number of rotatable bonds is 4. The first kappa shape index (κ1) is 14.9. The molecule has 0 heterocycles. The molecule has 1 aromatic carbocycles. The average Bonchev–Trinajstić information content (AvgIpc) is 2.15. The third-order valence-corrected chi connectivity index (χ3v) is 2.23. The number of hydrogen-bond acceptors (Lipinski definition) is 3. The minimum atomic E-state index is -1.17. The van der Waals surface area contributed by atoms with Crippen molar-refractivity contribution in [1.29, 1.82) is 0 Å². The quantitative estimate of drug-likeness (QED) is 0.591. The molecular formula is C10H10ClNaO3. The van der Waals surface area contributed by atoms with Crippen LogP contribution in [0.3, 0.4) is 0 Å². The van der Waals surface area contributed by atoms with E-state index >= 15 is 0 Å². The minimum Gasteiger partial charge on any atom is -0.550 e. The van der Waals surface area contributed by atoms with Crippen LogP contribution in [0.4, 0.5) is 0 Å². The van der Waals surface area contributed by atoms with Gasteiger partial charge in [0.2, 0.25) is 0 Å². The Hall–Kier alpha value is -0.0600. The molecule has 0 aliphatic carbocycles. The minimum absolute atomic E-state index is 0. The number of aliphatic hydroxyl groups is 1. The molecule has 0 amide bonds. The van der Waals surface area contributed by atoms with Gasteiger partial charge < -0.3 is 15.0 Å². The van der Waals surface area contributed by atoms with E-state index in [2.05, 4.69) is 0 Å². The largest absolute Gasteiger partial charge is 1.00 e. The van der Waals surface area contributed by atoms with Gasteiger partial charge in [0.15, 0.2) is 0 Å². The molecular weight excluding hydrogens is 227 g/mol. The predicted molar refractivity (Wildman–Crippen MR) is 50.9 cm³/mol. The topological polar surface area (TPSA) is 60.4 Å². The molecule has 0 spiro atoms. The smallest absolute Gasteiger partial charge is 0.550 e. The van der Waals surface area contributed by atoms with Crippen LogP contribution in [-0.4, -0.2) is 17.7 Å². The van der Waals surface area contributed by atoms with Crippen LogP contribution in [0.25, 0.3) is 0 Å². The van der Waals surface area contributed by atoms with E-state index in [1.807, 2.05) is 0 Å². The maximum Gasteiger partial charge on any atom is 1.00 e. The second-order valence-corrected chi connectivity index (χ2v) is 3.44. The Kier molecular flexibility index (Phi) is 7.22. The molecule has 0 aliphatic heterocycles. The van der Waals surface area contributed by atoms with E-state index in [1.165, 1.54) is 0 Å². The summed E-state index contributed by atoms with van der Waals surface area (Å²) in [5.74, 6) is -1.59. The molecule has 0 aliphatic rings. The van der Waals surface area contributed by atoms with Gasteiger partial charge in [-0.3, -0.25) is 0 Å². The van der Waals surface area contributed by atoms with Crippen molar-refractivity contribution in [2.75, 3.05) is 6.61 Å². The van der Waals surface area contributed by atoms with Crippen LogP contribution >= 0.6 is 11.6 Å². The van der Waals surface area contributed by atoms with E-state index in [1.54, 1.807) is 24.3 Å². The molecule has 15 heavy (non-hydrogen) atoms. The Morgan fingerprint density at radius 1 is 1.40 bits per heavy atom. The van der Waals surface area contributed by atoms with E-state index < -0.39 is 11.9 Å². The summed E-state index contributed by atoms with van der Waals surface area (Å²) in [4.78, 5) is 10.4. The molecule has 3 nitrogen and oxygen atoms in total. The zero-order chi connectivity index (χ0) is 10.6. The summed E-state index contributed by atoms with van der Waals surface area (Å²) in [5, 5.41) is 19.9. The van der Waals surface area contributed by atoms with Crippen molar-refractivity contribution in [2.24, 2.45) is 0 Å². The molecule has 0 radical (unpaired) electrons. The van der Waals surface area contributed by atoms with Crippen LogP contribution in [-0.2, 0) is 4.79 Å². The van der Waals surface area contributed by atoms with Crippen molar-refractivity contribution in [3.8, 4) is 0 Å². The van der Waals surface area contributed by atoms with Crippen molar-refractivity contribution in [1.82, 2.24) is 0 Å². The van der Waals surface area contributed by atoms with Gasteiger partial charge in [-0.25, -0.2) is 0 Å². The van der Waals surface area contributed by atoms with Crippen LogP contribution in [0, 0.1) is 0 Å². The first-order valence-corrected chi connectivity index (χ1v) is 4.57. The fourth-order valence-corrected chi connectivity index (χ4v) is 1.35. The van der Waals surface area contributed by atoms with Gasteiger partial charge in [0.25, 0.3) is 0 Å². The Morgan fingerprint density at radius 2 is 1.93 bits per heavy atom. The summed E-state index contributed by atoms with van der Waals surface area (Å²) in [6, 6.07) is 6.72. The normalized spacial score (nSPS) is 11.6. The van der Waals surface area contributed by atoms with E-state index in [9.17, 15) is 9.90 Å². The number of aliphatic carboxylic acids is 1. The van der Waals surface area contributed by atoms with Crippen LogP contribution in [0.15, 0.2) is 24.3 Å². The average molecular weight is 237 g/mol. The van der Waals surface area contributed by atoms with Crippen molar-refractivity contribution in [2.45, 2.75) is 12.3 Å². The number of carboxylic acids is 1. The van der Waals surface area contributed by atoms with Gasteiger partial charge in [0.1, 0.15) is 0 Å². The molecule has 0 saturated carbocycles.